The molecule has 1 fully saturated rings. The Morgan fingerprint density at radius 3 is 2.63 bits per heavy atom. The van der Waals surface area contributed by atoms with Gasteiger partial charge >= 0.3 is 0 Å². The molecule has 1 aliphatic carbocycles. The standard InChI is InChI=1S/C12H18N2O3S2/c1-14(2)19(16,17)11-7-6-10(18-11)8-13-12(15)9-4-3-5-9/h6-7,9H,3-5,8H2,1-2H3,(H,13,15). The zero-order chi connectivity index (χ0) is 14.0. The van der Waals surface area contributed by atoms with E-state index in [4.69, 9.17) is 0 Å². The van der Waals surface area contributed by atoms with Crippen LogP contribution in [0.2, 0.25) is 0 Å². The fourth-order valence-electron chi connectivity index (χ4n) is 1.76. The number of amides is 1. The molecule has 0 radical (unpaired) electrons. The van der Waals surface area contributed by atoms with Gasteiger partial charge in [0, 0.05) is 24.9 Å². The SMILES string of the molecule is CN(C)S(=O)(=O)c1ccc(CNC(=O)C2CCC2)s1. The average molecular weight is 302 g/mol. The highest BCUT2D eigenvalue weighted by Crippen LogP contribution is 2.27. The van der Waals surface area contributed by atoms with Crippen molar-refractivity contribution < 1.29 is 13.2 Å². The molecule has 0 atom stereocenters. The van der Waals surface area contributed by atoms with Gasteiger partial charge in [-0.3, -0.25) is 4.79 Å². The van der Waals surface area contributed by atoms with E-state index in [0.29, 0.717) is 10.8 Å². The molecule has 0 aromatic carbocycles. The van der Waals surface area contributed by atoms with Crippen molar-refractivity contribution in [1.29, 1.82) is 0 Å². The summed E-state index contributed by atoms with van der Waals surface area (Å²) in [5, 5.41) is 2.86. The van der Waals surface area contributed by atoms with Crippen molar-refractivity contribution in [1.82, 2.24) is 9.62 Å². The van der Waals surface area contributed by atoms with Crippen molar-refractivity contribution in [2.45, 2.75) is 30.0 Å². The van der Waals surface area contributed by atoms with Crippen molar-refractivity contribution in [3.05, 3.63) is 17.0 Å². The lowest BCUT2D eigenvalue weighted by Crippen LogP contribution is -2.33. The highest BCUT2D eigenvalue weighted by atomic mass is 32.2. The van der Waals surface area contributed by atoms with Gasteiger partial charge in [-0.25, -0.2) is 12.7 Å². The largest absolute Gasteiger partial charge is 0.351 e. The second kappa shape index (κ2) is 5.60. The number of thiophene rings is 1. The average Bonchev–Trinajstić information content (AvgIpc) is 2.72. The van der Waals surface area contributed by atoms with Crippen LogP contribution in [0.4, 0.5) is 0 Å². The van der Waals surface area contributed by atoms with Crippen molar-refractivity contribution in [3.8, 4) is 0 Å². The van der Waals surface area contributed by atoms with Crippen LogP contribution in [0.5, 0.6) is 0 Å². The Balaban J connectivity index is 1.96. The zero-order valence-corrected chi connectivity index (χ0v) is 12.7. The normalized spacial score (nSPS) is 16.4. The maximum absolute atomic E-state index is 11.9. The van der Waals surface area contributed by atoms with Crippen molar-refractivity contribution in [2.75, 3.05) is 14.1 Å². The molecule has 1 N–H and O–H groups in total. The van der Waals surface area contributed by atoms with Crippen LogP contribution in [0.1, 0.15) is 24.1 Å². The topological polar surface area (TPSA) is 66.5 Å². The highest BCUT2D eigenvalue weighted by molar-refractivity contribution is 7.91. The fourth-order valence-corrected chi connectivity index (χ4v) is 4.23. The lowest BCUT2D eigenvalue weighted by molar-refractivity contribution is -0.127. The molecule has 0 unspecified atom stereocenters. The number of nitrogens with one attached hydrogen (secondary N) is 1. The molecular formula is C12H18N2O3S2. The maximum Gasteiger partial charge on any atom is 0.252 e. The summed E-state index contributed by atoms with van der Waals surface area (Å²) >= 11 is 1.20. The van der Waals surface area contributed by atoms with E-state index < -0.39 is 10.0 Å². The second-order valence-electron chi connectivity index (χ2n) is 4.85. The summed E-state index contributed by atoms with van der Waals surface area (Å²) in [6.45, 7) is 0.406. The van der Waals surface area contributed by atoms with Crippen LogP contribution in [0, 0.1) is 5.92 Å². The quantitative estimate of drug-likeness (QED) is 0.894. The molecule has 2 rings (SSSR count). The van der Waals surface area contributed by atoms with Crippen LogP contribution >= 0.6 is 11.3 Å². The predicted octanol–water partition coefficient (Wildman–Crippen LogP) is 1.41. The summed E-state index contributed by atoms with van der Waals surface area (Å²) in [5.41, 5.74) is 0. The summed E-state index contributed by atoms with van der Waals surface area (Å²) in [5.74, 6) is 0.238. The van der Waals surface area contributed by atoms with Gasteiger partial charge < -0.3 is 5.32 Å². The number of sulfonamides is 1. The van der Waals surface area contributed by atoms with Crippen molar-refractivity contribution >= 4 is 27.3 Å². The molecule has 0 bridgehead atoms. The highest BCUT2D eigenvalue weighted by Gasteiger charge is 2.25. The monoisotopic (exact) mass is 302 g/mol. The fraction of sp³-hybridized carbons (Fsp3) is 0.583. The Hall–Kier alpha value is -0.920. The van der Waals surface area contributed by atoms with Crippen molar-refractivity contribution in [3.63, 3.8) is 0 Å². The minimum Gasteiger partial charge on any atom is -0.351 e. The molecule has 0 saturated heterocycles. The molecule has 1 heterocycles. The van der Waals surface area contributed by atoms with Gasteiger partial charge in [0.05, 0.1) is 6.54 Å². The van der Waals surface area contributed by atoms with E-state index in [2.05, 4.69) is 5.32 Å². The summed E-state index contributed by atoms with van der Waals surface area (Å²) in [7, 11) is -0.351. The third-order valence-electron chi connectivity index (χ3n) is 3.28. The predicted molar refractivity (Wildman–Crippen MR) is 74.4 cm³/mol. The van der Waals surface area contributed by atoms with Gasteiger partial charge in [0.1, 0.15) is 4.21 Å². The molecule has 1 aromatic heterocycles. The summed E-state index contributed by atoms with van der Waals surface area (Å²) in [4.78, 5) is 12.5. The van der Waals surface area contributed by atoms with E-state index in [0.717, 1.165) is 24.1 Å². The molecular weight excluding hydrogens is 284 g/mol. The number of rotatable bonds is 5. The van der Waals surface area contributed by atoms with Gasteiger partial charge in [-0.2, -0.15) is 0 Å². The Labute approximate surface area is 117 Å². The molecule has 1 aliphatic rings. The molecule has 5 nitrogen and oxygen atoms in total. The van der Waals surface area contributed by atoms with Gasteiger partial charge in [0.15, 0.2) is 0 Å². The van der Waals surface area contributed by atoms with Crippen molar-refractivity contribution in [2.24, 2.45) is 5.92 Å². The Morgan fingerprint density at radius 2 is 2.11 bits per heavy atom. The van der Waals surface area contributed by atoms with E-state index >= 15 is 0 Å². The Morgan fingerprint density at radius 1 is 1.42 bits per heavy atom. The number of hydrogen-bond donors (Lipinski definition) is 1. The van der Waals surface area contributed by atoms with Crippen LogP contribution in [0.3, 0.4) is 0 Å². The van der Waals surface area contributed by atoms with Crippen LogP contribution in [0.25, 0.3) is 0 Å². The van der Waals surface area contributed by atoms with Gasteiger partial charge in [-0.15, -0.1) is 11.3 Å². The van der Waals surface area contributed by atoms with Crippen LogP contribution < -0.4 is 5.32 Å². The molecule has 0 aliphatic heterocycles. The minimum atomic E-state index is -3.37. The van der Waals surface area contributed by atoms with Crippen LogP contribution in [-0.4, -0.2) is 32.7 Å². The van der Waals surface area contributed by atoms with Gasteiger partial charge in [0.2, 0.25) is 5.91 Å². The zero-order valence-electron chi connectivity index (χ0n) is 11.0. The van der Waals surface area contributed by atoms with Gasteiger partial charge in [0.25, 0.3) is 10.0 Å². The molecule has 0 spiro atoms. The molecule has 1 aromatic rings. The third kappa shape index (κ3) is 3.16. The van der Waals surface area contributed by atoms with E-state index in [1.54, 1.807) is 12.1 Å². The molecule has 19 heavy (non-hydrogen) atoms. The summed E-state index contributed by atoms with van der Waals surface area (Å²) in [6.07, 6.45) is 3.06. The lowest BCUT2D eigenvalue weighted by atomic mass is 9.85. The maximum atomic E-state index is 11.9. The summed E-state index contributed by atoms with van der Waals surface area (Å²) < 4.78 is 25.3. The van der Waals surface area contributed by atoms with Gasteiger partial charge in [-0.05, 0) is 25.0 Å². The first-order valence-electron chi connectivity index (χ1n) is 6.20. The lowest BCUT2D eigenvalue weighted by Gasteiger charge is -2.23. The first-order valence-corrected chi connectivity index (χ1v) is 8.46. The molecule has 1 amide bonds. The first-order chi connectivity index (χ1) is 8.91. The van der Waals surface area contributed by atoms with Crippen LogP contribution in [-0.2, 0) is 21.4 Å². The Bertz CT molecular complexity index is 559. The minimum absolute atomic E-state index is 0.0802. The van der Waals surface area contributed by atoms with E-state index in [-0.39, 0.29) is 11.8 Å². The van der Waals surface area contributed by atoms with E-state index in [9.17, 15) is 13.2 Å². The Kier molecular flexibility index (Phi) is 4.27. The van der Waals surface area contributed by atoms with E-state index in [1.807, 2.05) is 0 Å². The smallest absolute Gasteiger partial charge is 0.252 e. The third-order valence-corrected chi connectivity index (χ3v) is 6.65. The van der Waals surface area contributed by atoms with Gasteiger partial charge in [-0.1, -0.05) is 6.42 Å². The first kappa shape index (κ1) is 14.5. The number of carbonyl (C=O) groups is 1. The number of nitrogens with zero attached hydrogens (tertiary/aromatic N) is 1. The second-order valence-corrected chi connectivity index (χ2v) is 8.40. The summed E-state index contributed by atoms with van der Waals surface area (Å²) in [6, 6.07) is 3.34. The molecule has 106 valence electrons. The molecule has 7 heteroatoms. The van der Waals surface area contributed by atoms with E-state index in [1.165, 1.54) is 29.7 Å². The number of hydrogen-bond acceptors (Lipinski definition) is 4. The molecule has 1 saturated carbocycles. The number of carbonyl (C=O) groups excluding carboxylic acids is 1. The van der Waals surface area contributed by atoms with Crippen LogP contribution in [0.15, 0.2) is 16.3 Å².